The van der Waals surface area contributed by atoms with Crippen LogP contribution in [0.3, 0.4) is 0 Å². The number of hydrogen-bond acceptors (Lipinski definition) is 4. The second kappa shape index (κ2) is 10.8. The maximum Gasteiger partial charge on any atom is 0.239 e. The quantitative estimate of drug-likeness (QED) is 0.408. The van der Waals surface area contributed by atoms with Crippen molar-refractivity contribution >= 4 is 33.3 Å². The third kappa shape index (κ3) is 6.31. The fraction of sp³-hybridized carbons (Fsp3) is 0.391. The van der Waals surface area contributed by atoms with Crippen LogP contribution in [0.2, 0.25) is 5.02 Å². The van der Waals surface area contributed by atoms with E-state index in [1.807, 2.05) is 24.3 Å². The average Bonchev–Trinajstić information content (AvgIpc) is 2.77. The zero-order valence-corrected chi connectivity index (χ0v) is 18.9. The standard InChI is InChI=1S/C23H27ClN2O4S/c24-19-13-11-18(12-14-19)8-4-1-2-7-15-25-21(27)17-26-22(28)16-23(26)31(29,30)20-9-5-3-6-10-20/h3,5-6,9-14,23H,1-2,4,7-8,15-17H2,(H,25,27). The van der Waals surface area contributed by atoms with Crippen LogP contribution in [-0.2, 0) is 25.8 Å². The Labute approximate surface area is 188 Å². The summed E-state index contributed by atoms with van der Waals surface area (Å²) in [5.41, 5.74) is 1.26. The maximum absolute atomic E-state index is 12.7. The van der Waals surface area contributed by atoms with Gasteiger partial charge >= 0.3 is 0 Å². The summed E-state index contributed by atoms with van der Waals surface area (Å²) in [6, 6.07) is 15.9. The highest BCUT2D eigenvalue weighted by Crippen LogP contribution is 2.29. The van der Waals surface area contributed by atoms with E-state index in [4.69, 9.17) is 11.6 Å². The van der Waals surface area contributed by atoms with Crippen molar-refractivity contribution in [3.63, 3.8) is 0 Å². The molecule has 1 aliphatic rings. The van der Waals surface area contributed by atoms with E-state index in [2.05, 4.69) is 5.32 Å². The molecule has 1 aliphatic heterocycles. The van der Waals surface area contributed by atoms with E-state index in [0.717, 1.165) is 42.0 Å². The van der Waals surface area contributed by atoms with Crippen LogP contribution in [0.5, 0.6) is 0 Å². The topological polar surface area (TPSA) is 83.6 Å². The van der Waals surface area contributed by atoms with Gasteiger partial charge in [-0.2, -0.15) is 0 Å². The number of aryl methyl sites for hydroxylation is 1. The Kier molecular flexibility index (Phi) is 8.09. The van der Waals surface area contributed by atoms with Crippen LogP contribution in [-0.4, -0.2) is 43.6 Å². The molecule has 1 atom stereocenters. The molecule has 0 aromatic heterocycles. The number of carbonyl (C=O) groups is 2. The molecule has 0 aliphatic carbocycles. The van der Waals surface area contributed by atoms with Gasteiger partial charge in [0, 0.05) is 11.6 Å². The Morgan fingerprint density at radius 3 is 2.35 bits per heavy atom. The third-order valence-electron chi connectivity index (χ3n) is 5.39. The molecule has 0 radical (unpaired) electrons. The Balaban J connectivity index is 1.34. The molecule has 0 bridgehead atoms. The van der Waals surface area contributed by atoms with E-state index in [0.29, 0.717) is 6.54 Å². The molecule has 31 heavy (non-hydrogen) atoms. The lowest BCUT2D eigenvalue weighted by Crippen LogP contribution is -2.59. The third-order valence-corrected chi connectivity index (χ3v) is 7.71. The van der Waals surface area contributed by atoms with Gasteiger partial charge in [0.2, 0.25) is 11.8 Å². The van der Waals surface area contributed by atoms with E-state index in [9.17, 15) is 18.0 Å². The van der Waals surface area contributed by atoms with Gasteiger partial charge in [0.05, 0.1) is 11.3 Å². The fourth-order valence-corrected chi connectivity index (χ4v) is 5.42. The molecule has 166 valence electrons. The summed E-state index contributed by atoms with van der Waals surface area (Å²) in [5, 5.41) is 2.55. The molecule has 2 amide bonds. The lowest BCUT2D eigenvalue weighted by Gasteiger charge is -2.39. The Morgan fingerprint density at radius 2 is 1.68 bits per heavy atom. The van der Waals surface area contributed by atoms with Gasteiger partial charge < -0.3 is 10.2 Å². The number of sulfone groups is 1. The average molecular weight is 463 g/mol. The van der Waals surface area contributed by atoms with Crippen molar-refractivity contribution in [1.82, 2.24) is 10.2 Å². The van der Waals surface area contributed by atoms with Gasteiger partial charge in [-0.15, -0.1) is 0 Å². The monoisotopic (exact) mass is 462 g/mol. The molecule has 0 saturated carbocycles. The number of likely N-dealkylation sites (tertiary alicyclic amines) is 1. The minimum absolute atomic E-state index is 0.0852. The first kappa shape index (κ1) is 23.3. The number of nitrogens with one attached hydrogen (secondary N) is 1. The molecule has 3 rings (SSSR count). The molecule has 2 aromatic rings. The van der Waals surface area contributed by atoms with Crippen LogP contribution in [0.1, 0.15) is 37.7 Å². The Bertz CT molecular complexity index is 994. The van der Waals surface area contributed by atoms with Gasteiger partial charge in [-0.05, 0) is 49.1 Å². The summed E-state index contributed by atoms with van der Waals surface area (Å²) < 4.78 is 25.4. The maximum atomic E-state index is 12.7. The summed E-state index contributed by atoms with van der Waals surface area (Å²) in [7, 11) is -3.67. The SMILES string of the molecule is O=C(CN1C(=O)CC1S(=O)(=O)c1ccccc1)NCCCCCCc1ccc(Cl)cc1. The van der Waals surface area contributed by atoms with Crippen molar-refractivity contribution in [3.8, 4) is 0 Å². The molecule has 2 aromatic carbocycles. The Morgan fingerprint density at radius 1 is 1.00 bits per heavy atom. The Hall–Kier alpha value is -2.38. The summed E-state index contributed by atoms with van der Waals surface area (Å²) in [6.07, 6.45) is 4.86. The lowest BCUT2D eigenvalue weighted by molar-refractivity contribution is -0.145. The molecule has 8 heteroatoms. The van der Waals surface area contributed by atoms with Gasteiger partial charge in [0.25, 0.3) is 0 Å². The summed E-state index contributed by atoms with van der Waals surface area (Å²) in [4.78, 5) is 25.4. The number of rotatable bonds is 11. The zero-order valence-electron chi connectivity index (χ0n) is 17.3. The van der Waals surface area contributed by atoms with Gasteiger partial charge in [-0.25, -0.2) is 8.42 Å². The first-order chi connectivity index (χ1) is 14.9. The molecular weight excluding hydrogens is 436 g/mol. The van der Waals surface area contributed by atoms with Crippen LogP contribution >= 0.6 is 11.6 Å². The van der Waals surface area contributed by atoms with E-state index < -0.39 is 15.2 Å². The number of benzene rings is 2. The second-order valence-electron chi connectivity index (χ2n) is 7.68. The van der Waals surface area contributed by atoms with Crippen molar-refractivity contribution in [2.24, 2.45) is 0 Å². The van der Waals surface area contributed by atoms with Gasteiger partial charge in [0.15, 0.2) is 9.84 Å². The van der Waals surface area contributed by atoms with Crippen LogP contribution < -0.4 is 5.32 Å². The number of carbonyl (C=O) groups excluding carboxylic acids is 2. The van der Waals surface area contributed by atoms with Crippen LogP contribution in [0.4, 0.5) is 0 Å². The van der Waals surface area contributed by atoms with Crippen molar-refractivity contribution in [2.45, 2.75) is 48.8 Å². The highest BCUT2D eigenvalue weighted by Gasteiger charge is 2.46. The molecular formula is C23H27ClN2O4S. The number of halogens is 1. The van der Waals surface area contributed by atoms with E-state index in [1.54, 1.807) is 18.2 Å². The first-order valence-electron chi connectivity index (χ1n) is 10.5. The normalized spacial score (nSPS) is 16.1. The predicted octanol–water partition coefficient (Wildman–Crippen LogP) is 3.59. The van der Waals surface area contributed by atoms with E-state index >= 15 is 0 Å². The largest absolute Gasteiger partial charge is 0.355 e. The fourth-order valence-electron chi connectivity index (χ4n) is 3.56. The smallest absolute Gasteiger partial charge is 0.239 e. The molecule has 1 N–H and O–H groups in total. The van der Waals surface area contributed by atoms with Crippen molar-refractivity contribution in [3.05, 3.63) is 65.2 Å². The summed E-state index contributed by atoms with van der Waals surface area (Å²) in [6.45, 7) is 0.282. The molecule has 1 saturated heterocycles. The number of unbranched alkanes of at least 4 members (excludes halogenated alkanes) is 3. The van der Waals surface area contributed by atoms with Crippen LogP contribution in [0.15, 0.2) is 59.5 Å². The van der Waals surface area contributed by atoms with Gasteiger partial charge in [0.1, 0.15) is 11.9 Å². The van der Waals surface area contributed by atoms with Crippen LogP contribution in [0.25, 0.3) is 0 Å². The number of β-lactam (4-membered cyclic amide) rings is 1. The number of hydrogen-bond donors (Lipinski definition) is 1. The van der Waals surface area contributed by atoms with E-state index in [-0.39, 0.29) is 29.7 Å². The molecule has 0 spiro atoms. The van der Waals surface area contributed by atoms with E-state index in [1.165, 1.54) is 17.7 Å². The minimum Gasteiger partial charge on any atom is -0.355 e. The number of nitrogens with zero attached hydrogens (tertiary/aromatic N) is 1. The van der Waals surface area contributed by atoms with Crippen LogP contribution in [0, 0.1) is 0 Å². The second-order valence-corrected chi connectivity index (χ2v) is 10.2. The molecule has 1 unspecified atom stereocenters. The minimum atomic E-state index is -3.67. The lowest BCUT2D eigenvalue weighted by atomic mass is 10.1. The van der Waals surface area contributed by atoms with Crippen molar-refractivity contribution < 1.29 is 18.0 Å². The number of amides is 2. The van der Waals surface area contributed by atoms with Gasteiger partial charge in [-0.1, -0.05) is 54.8 Å². The summed E-state index contributed by atoms with van der Waals surface area (Å²) in [5.74, 6) is -0.649. The van der Waals surface area contributed by atoms with Crippen molar-refractivity contribution in [2.75, 3.05) is 13.1 Å². The first-order valence-corrected chi connectivity index (χ1v) is 12.4. The molecule has 6 nitrogen and oxygen atoms in total. The van der Waals surface area contributed by atoms with Crippen molar-refractivity contribution in [1.29, 1.82) is 0 Å². The molecule has 1 heterocycles. The zero-order chi connectivity index (χ0) is 22.3. The highest BCUT2D eigenvalue weighted by molar-refractivity contribution is 7.92. The van der Waals surface area contributed by atoms with Gasteiger partial charge in [-0.3, -0.25) is 9.59 Å². The summed E-state index contributed by atoms with van der Waals surface area (Å²) >= 11 is 5.88. The highest BCUT2D eigenvalue weighted by atomic mass is 35.5. The predicted molar refractivity (Wildman–Crippen MR) is 120 cm³/mol. The molecule has 1 fully saturated rings.